The molecule has 0 bridgehead atoms. The lowest BCUT2D eigenvalue weighted by molar-refractivity contribution is 0.0698. The average molecular weight is 407 g/mol. The van der Waals surface area contributed by atoms with Gasteiger partial charge in [0, 0.05) is 36.0 Å². The molecule has 0 spiro atoms. The number of piperidine rings is 1. The Morgan fingerprint density at radius 2 is 1.90 bits per heavy atom. The molecule has 3 heterocycles. The maximum absolute atomic E-state index is 13.4. The maximum atomic E-state index is 13.4. The molecule has 1 aliphatic heterocycles. The summed E-state index contributed by atoms with van der Waals surface area (Å²) in [5.41, 5.74) is 3.02. The van der Waals surface area contributed by atoms with Gasteiger partial charge in [0.05, 0.1) is 11.2 Å². The van der Waals surface area contributed by atoms with Crippen molar-refractivity contribution in [1.29, 1.82) is 0 Å². The van der Waals surface area contributed by atoms with Gasteiger partial charge in [-0.25, -0.2) is 4.98 Å². The Morgan fingerprint density at radius 1 is 1.17 bits per heavy atom. The highest BCUT2D eigenvalue weighted by Gasteiger charge is 2.25. The van der Waals surface area contributed by atoms with Crippen LogP contribution in [0.4, 0.5) is 0 Å². The number of nitrogens with one attached hydrogen (secondary N) is 1. The molecule has 4 rings (SSSR count). The minimum atomic E-state index is -0.135. The third-order valence-corrected chi connectivity index (χ3v) is 5.73. The number of benzene rings is 1. The summed E-state index contributed by atoms with van der Waals surface area (Å²) in [6.07, 6.45) is 4.07. The van der Waals surface area contributed by atoms with Crippen LogP contribution in [0.5, 0.6) is 0 Å². The van der Waals surface area contributed by atoms with E-state index in [1.165, 1.54) is 0 Å². The molecule has 1 aliphatic rings. The Kier molecular flexibility index (Phi) is 5.22. The van der Waals surface area contributed by atoms with Crippen molar-refractivity contribution in [3.05, 3.63) is 41.9 Å². The number of likely N-dealkylation sites (tertiary alicyclic amines) is 1. The molecular formula is C23H30N6O. The second-order valence-electron chi connectivity index (χ2n) is 9.30. The summed E-state index contributed by atoms with van der Waals surface area (Å²) in [4.78, 5) is 19.8. The van der Waals surface area contributed by atoms with Crippen molar-refractivity contribution in [2.45, 2.75) is 53.0 Å². The smallest absolute Gasteiger partial charge is 0.254 e. The van der Waals surface area contributed by atoms with E-state index in [1.807, 2.05) is 47.0 Å². The van der Waals surface area contributed by atoms with Gasteiger partial charge in [-0.15, -0.1) is 0 Å². The van der Waals surface area contributed by atoms with Crippen molar-refractivity contribution in [1.82, 2.24) is 29.9 Å². The first-order valence-electron chi connectivity index (χ1n) is 10.6. The van der Waals surface area contributed by atoms with Crippen molar-refractivity contribution in [2.75, 3.05) is 13.1 Å². The number of hydrogen-bond donors (Lipinski definition) is 1. The lowest BCUT2D eigenvalue weighted by Crippen LogP contribution is -2.38. The van der Waals surface area contributed by atoms with Crippen molar-refractivity contribution >= 4 is 5.91 Å². The molecule has 1 aromatic carbocycles. The summed E-state index contributed by atoms with van der Waals surface area (Å²) in [6.45, 7) is 12.1. The van der Waals surface area contributed by atoms with Gasteiger partial charge in [0.2, 0.25) is 0 Å². The van der Waals surface area contributed by atoms with Crippen LogP contribution >= 0.6 is 0 Å². The van der Waals surface area contributed by atoms with Crippen LogP contribution in [0.25, 0.3) is 22.6 Å². The molecule has 1 N–H and O–H groups in total. The second kappa shape index (κ2) is 7.70. The first kappa shape index (κ1) is 20.3. The molecule has 158 valence electrons. The van der Waals surface area contributed by atoms with Crippen LogP contribution in [0.1, 0.15) is 56.7 Å². The summed E-state index contributed by atoms with van der Waals surface area (Å²) in [7, 11) is 0. The molecule has 7 nitrogen and oxygen atoms in total. The van der Waals surface area contributed by atoms with Gasteiger partial charge in [-0.05, 0) is 64.7 Å². The first-order valence-corrected chi connectivity index (χ1v) is 10.6. The van der Waals surface area contributed by atoms with Crippen molar-refractivity contribution in [2.24, 2.45) is 5.92 Å². The van der Waals surface area contributed by atoms with E-state index in [9.17, 15) is 4.79 Å². The molecule has 0 unspecified atom stereocenters. The molecule has 1 saturated heterocycles. The van der Waals surface area contributed by atoms with E-state index in [-0.39, 0.29) is 11.4 Å². The van der Waals surface area contributed by atoms with Gasteiger partial charge in [-0.3, -0.25) is 14.6 Å². The highest BCUT2D eigenvalue weighted by molar-refractivity contribution is 6.01. The quantitative estimate of drug-likeness (QED) is 0.704. The SMILES string of the molecule is Cc1nc(-c2ccc(C(=O)N3CCC(C)CC3)c(-c3ccn(C(C)(C)C)n3)c2)n[nH]1. The number of aryl methyl sites for hydroxylation is 1. The van der Waals surface area contributed by atoms with Gasteiger partial charge >= 0.3 is 0 Å². The largest absolute Gasteiger partial charge is 0.339 e. The van der Waals surface area contributed by atoms with E-state index in [1.54, 1.807) is 0 Å². The molecule has 0 aliphatic carbocycles. The molecule has 2 aromatic heterocycles. The van der Waals surface area contributed by atoms with Gasteiger partial charge in [-0.2, -0.15) is 10.2 Å². The molecule has 7 heteroatoms. The van der Waals surface area contributed by atoms with Crippen LogP contribution in [0.3, 0.4) is 0 Å². The van der Waals surface area contributed by atoms with Gasteiger partial charge < -0.3 is 4.90 Å². The fraction of sp³-hybridized carbons (Fsp3) is 0.478. The highest BCUT2D eigenvalue weighted by atomic mass is 16.2. The van der Waals surface area contributed by atoms with Crippen molar-refractivity contribution in [3.8, 4) is 22.6 Å². The monoisotopic (exact) mass is 406 g/mol. The highest BCUT2D eigenvalue weighted by Crippen LogP contribution is 2.30. The Balaban J connectivity index is 1.77. The molecular weight excluding hydrogens is 376 g/mol. The molecule has 0 saturated carbocycles. The van der Waals surface area contributed by atoms with E-state index in [0.29, 0.717) is 17.3 Å². The lowest BCUT2D eigenvalue weighted by atomic mass is 9.96. The Labute approximate surface area is 177 Å². The van der Waals surface area contributed by atoms with Crippen LogP contribution in [0, 0.1) is 12.8 Å². The predicted octanol–water partition coefficient (Wildman–Crippen LogP) is 4.27. The summed E-state index contributed by atoms with van der Waals surface area (Å²) < 4.78 is 1.93. The van der Waals surface area contributed by atoms with Gasteiger partial charge in [0.1, 0.15) is 5.82 Å². The predicted molar refractivity (Wildman–Crippen MR) is 117 cm³/mol. The van der Waals surface area contributed by atoms with Crippen molar-refractivity contribution < 1.29 is 4.79 Å². The molecule has 30 heavy (non-hydrogen) atoms. The van der Waals surface area contributed by atoms with E-state index in [2.05, 4.69) is 42.9 Å². The summed E-state index contributed by atoms with van der Waals surface area (Å²) in [5, 5.41) is 12.0. The van der Waals surface area contributed by atoms with Crippen LogP contribution in [-0.4, -0.2) is 48.9 Å². The van der Waals surface area contributed by atoms with E-state index >= 15 is 0 Å². The number of amides is 1. The van der Waals surface area contributed by atoms with Crippen LogP contribution in [0.15, 0.2) is 30.5 Å². The fourth-order valence-corrected chi connectivity index (χ4v) is 3.78. The zero-order valence-corrected chi connectivity index (χ0v) is 18.4. The van der Waals surface area contributed by atoms with Gasteiger partial charge in [0.15, 0.2) is 5.82 Å². The standard InChI is InChI=1S/C23H30N6O/c1-15-8-11-28(12-9-15)22(30)18-7-6-17(21-24-16(2)25-26-21)14-19(18)20-10-13-29(27-20)23(3,4)5/h6-7,10,13-15H,8-9,11-12H2,1-5H3,(H,24,25,26). The van der Waals surface area contributed by atoms with E-state index in [0.717, 1.165) is 48.6 Å². The van der Waals surface area contributed by atoms with E-state index < -0.39 is 0 Å². The third-order valence-electron chi connectivity index (χ3n) is 5.73. The molecule has 1 fully saturated rings. The topological polar surface area (TPSA) is 79.7 Å². The van der Waals surface area contributed by atoms with Gasteiger partial charge in [0.25, 0.3) is 5.91 Å². The van der Waals surface area contributed by atoms with Crippen LogP contribution < -0.4 is 0 Å². The second-order valence-corrected chi connectivity index (χ2v) is 9.30. The number of carbonyl (C=O) groups excluding carboxylic acids is 1. The Hall–Kier alpha value is -2.96. The number of aromatic nitrogens is 5. The van der Waals surface area contributed by atoms with Crippen molar-refractivity contribution in [3.63, 3.8) is 0 Å². The number of hydrogen-bond acceptors (Lipinski definition) is 4. The minimum Gasteiger partial charge on any atom is -0.339 e. The first-order chi connectivity index (χ1) is 14.2. The Morgan fingerprint density at radius 3 is 2.50 bits per heavy atom. The zero-order chi connectivity index (χ0) is 21.5. The average Bonchev–Trinajstić information content (AvgIpc) is 3.37. The summed E-state index contributed by atoms with van der Waals surface area (Å²) >= 11 is 0. The molecule has 0 radical (unpaired) electrons. The molecule has 0 atom stereocenters. The lowest BCUT2D eigenvalue weighted by Gasteiger charge is -2.30. The number of H-pyrrole nitrogens is 1. The number of nitrogens with zero attached hydrogens (tertiary/aromatic N) is 5. The van der Waals surface area contributed by atoms with Gasteiger partial charge in [-0.1, -0.05) is 13.0 Å². The summed E-state index contributed by atoms with van der Waals surface area (Å²) in [6, 6.07) is 7.78. The maximum Gasteiger partial charge on any atom is 0.254 e. The van der Waals surface area contributed by atoms with Crippen LogP contribution in [0.2, 0.25) is 0 Å². The summed E-state index contributed by atoms with van der Waals surface area (Å²) in [5.74, 6) is 2.12. The molecule has 1 amide bonds. The minimum absolute atomic E-state index is 0.0694. The Bertz CT molecular complexity index is 1050. The zero-order valence-electron chi connectivity index (χ0n) is 18.4. The molecule has 3 aromatic rings. The third kappa shape index (κ3) is 4.01. The number of aromatic amines is 1. The number of rotatable bonds is 3. The van der Waals surface area contributed by atoms with Crippen LogP contribution in [-0.2, 0) is 5.54 Å². The van der Waals surface area contributed by atoms with E-state index in [4.69, 9.17) is 5.10 Å². The normalized spacial score (nSPS) is 15.6. The fourth-order valence-electron chi connectivity index (χ4n) is 3.78. The number of carbonyl (C=O) groups is 1.